The van der Waals surface area contributed by atoms with E-state index in [2.05, 4.69) is 4.65 Å². The summed E-state index contributed by atoms with van der Waals surface area (Å²) in [5.74, 6) is -0.989. The number of aromatic hydroxyl groups is 1. The van der Waals surface area contributed by atoms with Crippen molar-refractivity contribution in [1.82, 2.24) is 0 Å². The van der Waals surface area contributed by atoms with E-state index in [0.29, 0.717) is 0 Å². The topological polar surface area (TPSA) is 49.7 Å². The number of aliphatic hydroxyl groups excluding tert-OH is 1. The number of hydrogen-bond donors (Lipinski definition) is 2. The Bertz CT molecular complexity index is 605. The highest BCUT2D eigenvalue weighted by atomic mass is 19.2. The number of halogens is 2. The molecule has 102 valence electrons. The van der Waals surface area contributed by atoms with Crippen molar-refractivity contribution in [2.45, 2.75) is 0 Å². The molecule has 0 unspecified atom stereocenters. The largest absolute Gasteiger partial charge is 0.796 e. The van der Waals surface area contributed by atoms with Crippen molar-refractivity contribution in [3.63, 3.8) is 0 Å². The first kappa shape index (κ1) is 13.9. The van der Waals surface area contributed by atoms with E-state index in [1.165, 1.54) is 24.3 Å². The first-order valence-corrected chi connectivity index (χ1v) is 5.81. The van der Waals surface area contributed by atoms with E-state index in [1.54, 1.807) is 6.08 Å². The molecule has 1 aromatic rings. The van der Waals surface area contributed by atoms with Crippen molar-refractivity contribution in [2.75, 3.05) is 0 Å². The second-order valence-corrected chi connectivity index (χ2v) is 3.97. The minimum atomic E-state index is -3.04. The maximum atomic E-state index is 12.3. The lowest BCUT2D eigenvalue weighted by molar-refractivity contribution is 0.413. The lowest BCUT2D eigenvalue weighted by Gasteiger charge is -2.10. The number of benzene rings is 1. The van der Waals surface area contributed by atoms with Crippen molar-refractivity contribution in [3.8, 4) is 11.5 Å². The van der Waals surface area contributed by atoms with Crippen LogP contribution in [0.25, 0.3) is 5.76 Å². The molecule has 0 radical (unpaired) electrons. The lowest BCUT2D eigenvalue weighted by Crippen LogP contribution is -2.09. The van der Waals surface area contributed by atoms with Crippen molar-refractivity contribution in [1.29, 1.82) is 0 Å². The zero-order chi connectivity index (χ0) is 14.5. The Morgan fingerprint density at radius 1 is 1.20 bits per heavy atom. The van der Waals surface area contributed by atoms with Gasteiger partial charge in [0.2, 0.25) is 0 Å². The number of hydrogen-bond acceptors (Lipinski definition) is 3. The van der Waals surface area contributed by atoms with Gasteiger partial charge in [0.05, 0.1) is 5.56 Å². The van der Waals surface area contributed by atoms with Gasteiger partial charge in [0.1, 0.15) is 17.3 Å². The molecule has 1 aliphatic rings. The molecule has 0 saturated heterocycles. The zero-order valence-electron chi connectivity index (χ0n) is 10.3. The maximum absolute atomic E-state index is 12.3. The molecule has 0 saturated carbocycles. The predicted octanol–water partition coefficient (Wildman–Crippen LogP) is 3.65. The van der Waals surface area contributed by atoms with Crippen LogP contribution in [0.15, 0.2) is 60.2 Å². The molecule has 0 aromatic heterocycles. The molecule has 2 rings (SSSR count). The second kappa shape index (κ2) is 6.10. The van der Waals surface area contributed by atoms with E-state index in [0.717, 1.165) is 5.57 Å². The van der Waals surface area contributed by atoms with Gasteiger partial charge in [0.15, 0.2) is 0 Å². The SMILES string of the molecule is OC(=CC=C1C=CC=C1)c1c(O)cccc1OB(F)F. The van der Waals surface area contributed by atoms with Gasteiger partial charge in [-0.2, -0.15) is 0 Å². The molecule has 0 aliphatic heterocycles. The molecular formula is C14H11BF2O3. The molecule has 0 bridgehead atoms. The summed E-state index contributed by atoms with van der Waals surface area (Å²) in [6, 6.07) is 3.87. The molecule has 0 amide bonds. The quantitative estimate of drug-likeness (QED) is 0.652. The predicted molar refractivity (Wildman–Crippen MR) is 73.7 cm³/mol. The fraction of sp³-hybridized carbons (Fsp3) is 0. The molecule has 20 heavy (non-hydrogen) atoms. The Labute approximate surface area is 115 Å². The van der Waals surface area contributed by atoms with Gasteiger partial charge in [-0.25, -0.2) is 8.63 Å². The van der Waals surface area contributed by atoms with Crippen molar-refractivity contribution in [2.24, 2.45) is 0 Å². The number of allylic oxidation sites excluding steroid dienone is 7. The molecule has 6 heteroatoms. The zero-order valence-corrected chi connectivity index (χ0v) is 10.3. The van der Waals surface area contributed by atoms with Crippen LogP contribution in [0.5, 0.6) is 11.5 Å². The highest BCUT2D eigenvalue weighted by Gasteiger charge is 2.22. The summed E-state index contributed by atoms with van der Waals surface area (Å²) in [6.45, 7) is 0. The third-order valence-corrected chi connectivity index (χ3v) is 2.60. The molecule has 1 aromatic carbocycles. The van der Waals surface area contributed by atoms with E-state index in [1.807, 2.05) is 24.3 Å². The Balaban J connectivity index is 2.35. The first-order valence-electron chi connectivity index (χ1n) is 5.81. The number of aliphatic hydroxyl groups is 1. The van der Waals surface area contributed by atoms with Gasteiger partial charge < -0.3 is 14.9 Å². The van der Waals surface area contributed by atoms with Gasteiger partial charge in [0.25, 0.3) is 0 Å². The van der Waals surface area contributed by atoms with Gasteiger partial charge in [-0.05, 0) is 23.8 Å². The van der Waals surface area contributed by atoms with Gasteiger partial charge in [-0.15, -0.1) is 0 Å². The van der Waals surface area contributed by atoms with Crippen LogP contribution in [-0.4, -0.2) is 17.7 Å². The lowest BCUT2D eigenvalue weighted by atomic mass is 10.1. The average molecular weight is 276 g/mol. The fourth-order valence-corrected chi connectivity index (χ4v) is 1.73. The summed E-state index contributed by atoms with van der Waals surface area (Å²) >= 11 is 0. The summed E-state index contributed by atoms with van der Waals surface area (Å²) in [5, 5.41) is 19.6. The first-order chi connectivity index (χ1) is 9.58. The summed E-state index contributed by atoms with van der Waals surface area (Å²) < 4.78 is 28.9. The highest BCUT2D eigenvalue weighted by Crippen LogP contribution is 2.33. The normalized spacial score (nSPS) is 13.7. The molecule has 2 N–H and O–H groups in total. The maximum Gasteiger partial charge on any atom is 0.796 e. The van der Waals surface area contributed by atoms with Crippen LogP contribution < -0.4 is 4.65 Å². The van der Waals surface area contributed by atoms with Crippen molar-refractivity contribution >= 4 is 13.2 Å². The molecule has 0 spiro atoms. The van der Waals surface area contributed by atoms with Crippen LogP contribution in [0.4, 0.5) is 8.63 Å². The summed E-state index contributed by atoms with van der Waals surface area (Å²) in [7, 11) is -3.04. The minimum Gasteiger partial charge on any atom is -0.507 e. The summed E-state index contributed by atoms with van der Waals surface area (Å²) in [6.07, 6.45) is 10.2. The molecule has 0 atom stereocenters. The summed E-state index contributed by atoms with van der Waals surface area (Å²) in [4.78, 5) is 0. The summed E-state index contributed by atoms with van der Waals surface area (Å²) in [5.41, 5.74) is 0.666. The standard InChI is InChI=1S/C14H11BF2O3/c16-15(17)20-13-7-3-6-11(18)14(13)12(19)9-8-10-4-1-2-5-10/h1-9,18-19H. The minimum absolute atomic E-state index is 0.171. The number of rotatable bonds is 4. The van der Waals surface area contributed by atoms with E-state index in [9.17, 15) is 18.8 Å². The third-order valence-electron chi connectivity index (χ3n) is 2.60. The van der Waals surface area contributed by atoms with E-state index >= 15 is 0 Å². The van der Waals surface area contributed by atoms with Crippen molar-refractivity contribution in [3.05, 3.63) is 65.8 Å². The number of phenols is 1. The third kappa shape index (κ3) is 3.29. The van der Waals surface area contributed by atoms with Gasteiger partial charge in [-0.3, -0.25) is 0 Å². The smallest absolute Gasteiger partial charge is 0.507 e. The monoisotopic (exact) mass is 276 g/mol. The van der Waals surface area contributed by atoms with E-state index in [4.69, 9.17) is 0 Å². The Morgan fingerprint density at radius 2 is 1.90 bits per heavy atom. The van der Waals surface area contributed by atoms with E-state index < -0.39 is 7.47 Å². The van der Waals surface area contributed by atoms with Crippen LogP contribution in [0.2, 0.25) is 0 Å². The van der Waals surface area contributed by atoms with Crippen LogP contribution in [0.3, 0.4) is 0 Å². The average Bonchev–Trinajstić information content (AvgIpc) is 2.88. The van der Waals surface area contributed by atoms with Gasteiger partial charge in [0, 0.05) is 0 Å². The van der Waals surface area contributed by atoms with Gasteiger partial charge in [-0.1, -0.05) is 36.4 Å². The molecular weight excluding hydrogens is 265 g/mol. The van der Waals surface area contributed by atoms with Crippen LogP contribution in [0.1, 0.15) is 5.56 Å². The molecule has 3 nitrogen and oxygen atoms in total. The van der Waals surface area contributed by atoms with Crippen molar-refractivity contribution < 1.29 is 23.5 Å². The van der Waals surface area contributed by atoms with E-state index in [-0.39, 0.29) is 22.8 Å². The molecule has 1 aliphatic carbocycles. The Morgan fingerprint density at radius 3 is 2.55 bits per heavy atom. The van der Waals surface area contributed by atoms with Crippen LogP contribution in [0, 0.1) is 0 Å². The van der Waals surface area contributed by atoms with Crippen LogP contribution in [-0.2, 0) is 0 Å². The number of phenolic OH excluding ortho intramolecular Hbond substituents is 1. The highest BCUT2D eigenvalue weighted by molar-refractivity contribution is 6.35. The fourth-order valence-electron chi connectivity index (χ4n) is 1.73. The van der Waals surface area contributed by atoms with Gasteiger partial charge >= 0.3 is 7.47 Å². The van der Waals surface area contributed by atoms with Crippen LogP contribution >= 0.6 is 0 Å². The Hall–Kier alpha value is -2.50. The second-order valence-electron chi connectivity index (χ2n) is 3.97. The molecule has 0 fully saturated rings. The Kier molecular flexibility index (Phi) is 4.25. The molecule has 0 heterocycles.